The lowest BCUT2D eigenvalue weighted by Crippen LogP contribution is -2.31. The summed E-state index contributed by atoms with van der Waals surface area (Å²) in [5.41, 5.74) is 10.0. The van der Waals surface area contributed by atoms with Gasteiger partial charge in [0, 0.05) is 56.5 Å². The van der Waals surface area contributed by atoms with Gasteiger partial charge in [-0.25, -0.2) is 9.13 Å². The van der Waals surface area contributed by atoms with Gasteiger partial charge in [-0.2, -0.15) is 0 Å². The SMILES string of the molecule is CCCCN(CCCC)c1ccc(/C=C/c2n(CCCCCC(=O)NCCN)c3cc(Cl)c(Cl)cc3[n+]2C)cc1. The summed E-state index contributed by atoms with van der Waals surface area (Å²) in [6.07, 6.45) is 12.4. The van der Waals surface area contributed by atoms with Gasteiger partial charge in [0.15, 0.2) is 11.0 Å². The molecule has 0 bridgehead atoms. The number of carbonyl (C=O) groups is 1. The summed E-state index contributed by atoms with van der Waals surface area (Å²) in [5, 5.41) is 3.93. The van der Waals surface area contributed by atoms with E-state index in [0.29, 0.717) is 29.6 Å². The number of nitrogens with two attached hydrogens (primary N) is 1. The zero-order valence-corrected chi connectivity index (χ0v) is 25.9. The fourth-order valence-electron chi connectivity index (χ4n) is 4.94. The Morgan fingerprint density at radius 3 is 2.30 bits per heavy atom. The number of carbonyl (C=O) groups excluding carboxylic acids is 1. The summed E-state index contributed by atoms with van der Waals surface area (Å²) in [7, 11) is 2.06. The van der Waals surface area contributed by atoms with Gasteiger partial charge in [-0.05, 0) is 55.9 Å². The first-order valence-electron chi connectivity index (χ1n) is 14.8. The molecule has 3 aromatic rings. The Morgan fingerprint density at radius 2 is 1.65 bits per heavy atom. The van der Waals surface area contributed by atoms with Crippen LogP contribution in [0.5, 0.6) is 0 Å². The maximum atomic E-state index is 11.9. The topological polar surface area (TPSA) is 67.2 Å². The first kappa shape index (κ1) is 32.0. The molecule has 0 aliphatic carbocycles. The fourth-order valence-corrected chi connectivity index (χ4v) is 5.26. The van der Waals surface area contributed by atoms with E-state index in [9.17, 15) is 4.79 Å². The number of fused-ring (bicyclic) bond motifs is 1. The average Bonchev–Trinajstić information content (AvgIpc) is 3.20. The summed E-state index contributed by atoms with van der Waals surface area (Å²) in [4.78, 5) is 14.4. The first-order valence-corrected chi connectivity index (χ1v) is 15.5. The van der Waals surface area contributed by atoms with Crippen LogP contribution in [-0.4, -0.2) is 36.7 Å². The summed E-state index contributed by atoms with van der Waals surface area (Å²) in [5.74, 6) is 1.14. The van der Waals surface area contributed by atoms with Crippen LogP contribution in [0, 0.1) is 0 Å². The standard InChI is InChI=1S/C32H45Cl2N5O/c1-4-6-20-38(21-7-5-2)26-15-12-25(13-16-26)14-17-32-37(3)29-23-27(33)28(34)24-30(29)39(32)22-10-8-9-11-31(40)36-19-18-35/h12-17,23-24H,4-11,18-22,35H2,1-3H3/p+1. The molecule has 0 radical (unpaired) electrons. The van der Waals surface area contributed by atoms with Crippen LogP contribution in [0.4, 0.5) is 5.69 Å². The van der Waals surface area contributed by atoms with Gasteiger partial charge in [0.1, 0.15) is 0 Å². The van der Waals surface area contributed by atoms with Gasteiger partial charge in [0.05, 0.1) is 23.6 Å². The molecule has 6 nitrogen and oxygen atoms in total. The zero-order valence-electron chi connectivity index (χ0n) is 24.4. The molecule has 218 valence electrons. The maximum absolute atomic E-state index is 11.9. The van der Waals surface area contributed by atoms with Crippen molar-refractivity contribution in [2.45, 2.75) is 71.8 Å². The van der Waals surface area contributed by atoms with Crippen LogP contribution in [0.25, 0.3) is 23.2 Å². The number of hydrogen-bond acceptors (Lipinski definition) is 3. The molecule has 1 amide bonds. The Bertz CT molecular complexity index is 1240. The molecule has 0 saturated heterocycles. The molecule has 0 aliphatic rings. The second kappa shape index (κ2) is 16.7. The summed E-state index contributed by atoms with van der Waals surface area (Å²) in [6.45, 7) is 8.51. The van der Waals surface area contributed by atoms with Gasteiger partial charge in [0.2, 0.25) is 5.91 Å². The molecule has 0 aliphatic heterocycles. The van der Waals surface area contributed by atoms with Gasteiger partial charge < -0.3 is 16.0 Å². The predicted octanol–water partition coefficient (Wildman–Crippen LogP) is 6.98. The molecule has 40 heavy (non-hydrogen) atoms. The minimum Gasteiger partial charge on any atom is -0.372 e. The highest BCUT2D eigenvalue weighted by Crippen LogP contribution is 2.28. The predicted molar refractivity (Wildman–Crippen MR) is 171 cm³/mol. The normalized spacial score (nSPS) is 11.6. The van der Waals surface area contributed by atoms with E-state index >= 15 is 0 Å². The summed E-state index contributed by atoms with van der Waals surface area (Å²) >= 11 is 12.8. The average molecular weight is 588 g/mol. The molecule has 0 unspecified atom stereocenters. The second-order valence-corrected chi connectivity index (χ2v) is 11.2. The van der Waals surface area contributed by atoms with Crippen LogP contribution in [0.3, 0.4) is 0 Å². The van der Waals surface area contributed by atoms with E-state index in [4.69, 9.17) is 28.9 Å². The van der Waals surface area contributed by atoms with E-state index in [1.807, 2.05) is 12.1 Å². The Morgan fingerprint density at radius 1 is 0.975 bits per heavy atom. The Labute approximate surface area is 250 Å². The van der Waals surface area contributed by atoms with E-state index in [1.54, 1.807) is 0 Å². The van der Waals surface area contributed by atoms with Gasteiger partial charge in [0.25, 0.3) is 5.82 Å². The highest BCUT2D eigenvalue weighted by Gasteiger charge is 2.22. The van der Waals surface area contributed by atoms with Gasteiger partial charge in [-0.1, -0.05) is 62.0 Å². The molecule has 3 rings (SSSR count). The zero-order chi connectivity index (χ0) is 28.9. The van der Waals surface area contributed by atoms with Crippen LogP contribution in [-0.2, 0) is 18.4 Å². The van der Waals surface area contributed by atoms with Crippen molar-refractivity contribution in [1.29, 1.82) is 0 Å². The van der Waals surface area contributed by atoms with Crippen molar-refractivity contribution in [3.63, 3.8) is 0 Å². The largest absolute Gasteiger partial charge is 0.372 e. The van der Waals surface area contributed by atoms with Gasteiger partial charge in [-0.3, -0.25) is 4.79 Å². The minimum absolute atomic E-state index is 0.0678. The number of unbranched alkanes of at least 4 members (excludes halogenated alkanes) is 4. The Kier molecular flexibility index (Phi) is 13.3. The summed E-state index contributed by atoms with van der Waals surface area (Å²) < 4.78 is 4.47. The molecular formula is C32H46Cl2N5O+. The Balaban J connectivity index is 1.78. The molecule has 0 saturated carbocycles. The van der Waals surface area contributed by atoms with E-state index < -0.39 is 0 Å². The van der Waals surface area contributed by atoms with Crippen LogP contribution in [0.1, 0.15) is 76.6 Å². The first-order chi connectivity index (χ1) is 19.4. The van der Waals surface area contributed by atoms with Crippen LogP contribution >= 0.6 is 23.2 Å². The molecule has 0 spiro atoms. The number of aryl methyl sites for hydroxylation is 2. The lowest BCUT2D eigenvalue weighted by Gasteiger charge is -2.24. The molecule has 1 aromatic heterocycles. The number of halogens is 2. The van der Waals surface area contributed by atoms with Crippen LogP contribution < -0.4 is 20.5 Å². The fraction of sp³-hybridized carbons (Fsp3) is 0.500. The quantitative estimate of drug-likeness (QED) is 0.132. The third-order valence-electron chi connectivity index (χ3n) is 7.29. The third-order valence-corrected chi connectivity index (χ3v) is 8.01. The molecule has 0 fully saturated rings. The van der Waals surface area contributed by atoms with Crippen molar-refractivity contribution in [1.82, 2.24) is 9.88 Å². The van der Waals surface area contributed by atoms with Crippen molar-refractivity contribution in [2.24, 2.45) is 12.8 Å². The van der Waals surface area contributed by atoms with E-state index in [2.05, 4.69) is 76.7 Å². The van der Waals surface area contributed by atoms with Crippen molar-refractivity contribution in [3.8, 4) is 0 Å². The lowest BCUT2D eigenvalue weighted by molar-refractivity contribution is -0.647. The van der Waals surface area contributed by atoms with Crippen molar-refractivity contribution >= 4 is 58.0 Å². The summed E-state index contributed by atoms with van der Waals surface area (Å²) in [6, 6.07) is 12.8. The van der Waals surface area contributed by atoms with Crippen molar-refractivity contribution in [2.75, 3.05) is 31.1 Å². The highest BCUT2D eigenvalue weighted by atomic mass is 35.5. The van der Waals surface area contributed by atoms with Crippen LogP contribution in [0.2, 0.25) is 10.0 Å². The number of aromatic nitrogens is 2. The minimum atomic E-state index is 0.0678. The van der Waals surface area contributed by atoms with E-state index in [-0.39, 0.29) is 5.91 Å². The third kappa shape index (κ3) is 8.98. The lowest BCUT2D eigenvalue weighted by atomic mass is 10.1. The van der Waals surface area contributed by atoms with E-state index in [1.165, 1.54) is 31.4 Å². The number of benzene rings is 2. The second-order valence-electron chi connectivity index (χ2n) is 10.4. The van der Waals surface area contributed by atoms with E-state index in [0.717, 1.165) is 61.3 Å². The molecular weight excluding hydrogens is 541 g/mol. The van der Waals surface area contributed by atoms with Crippen LogP contribution in [0.15, 0.2) is 36.4 Å². The molecule has 0 atom stereocenters. The molecule has 3 N–H and O–H groups in total. The number of rotatable bonds is 17. The number of nitrogens with zero attached hydrogens (tertiary/aromatic N) is 3. The number of amides is 1. The number of hydrogen-bond donors (Lipinski definition) is 2. The van der Waals surface area contributed by atoms with Crippen molar-refractivity contribution in [3.05, 3.63) is 57.8 Å². The monoisotopic (exact) mass is 586 g/mol. The van der Waals surface area contributed by atoms with Gasteiger partial charge in [-0.15, -0.1) is 0 Å². The van der Waals surface area contributed by atoms with Crippen molar-refractivity contribution < 1.29 is 9.36 Å². The smallest absolute Gasteiger partial charge is 0.282 e. The number of anilines is 1. The molecule has 2 aromatic carbocycles. The maximum Gasteiger partial charge on any atom is 0.282 e. The molecule has 8 heteroatoms. The highest BCUT2D eigenvalue weighted by molar-refractivity contribution is 6.42. The number of nitrogens with one attached hydrogen (secondary N) is 1. The molecule has 1 heterocycles. The Hall–Kier alpha value is -2.54. The van der Waals surface area contributed by atoms with Gasteiger partial charge >= 0.3 is 0 Å². The number of imidazole rings is 1.